The summed E-state index contributed by atoms with van der Waals surface area (Å²) in [6.07, 6.45) is -18.6. The second-order valence-electron chi connectivity index (χ2n) is 6.60. The Hall–Kier alpha value is -0.580. The molecular formula is C14H24F2O11. The predicted molar refractivity (Wildman–Crippen MR) is 78.4 cm³/mol. The number of aliphatic hydroxyl groups is 8. The molecule has 11 nitrogen and oxygen atoms in total. The highest BCUT2D eigenvalue weighted by Gasteiger charge is 2.71. The molecule has 0 spiro atoms. The zero-order chi connectivity index (χ0) is 20.7. The van der Waals surface area contributed by atoms with Crippen LogP contribution in [-0.2, 0) is 14.2 Å². The van der Waals surface area contributed by atoms with Crippen molar-refractivity contribution in [2.75, 3.05) is 20.3 Å². The molecule has 1 aliphatic heterocycles. The zero-order valence-corrected chi connectivity index (χ0v) is 14.2. The molecule has 1 saturated carbocycles. The average molecular weight is 406 g/mol. The Morgan fingerprint density at radius 1 is 0.963 bits per heavy atom. The molecule has 0 aromatic carbocycles. The van der Waals surface area contributed by atoms with Crippen molar-refractivity contribution < 1.29 is 63.8 Å². The van der Waals surface area contributed by atoms with Gasteiger partial charge in [0.25, 0.3) is 0 Å². The Balaban J connectivity index is 2.35. The largest absolute Gasteiger partial charge is 0.394 e. The van der Waals surface area contributed by atoms with E-state index in [0.717, 1.165) is 7.11 Å². The molecule has 2 fully saturated rings. The fourth-order valence-corrected chi connectivity index (χ4v) is 3.26. The van der Waals surface area contributed by atoms with Crippen molar-refractivity contribution in [3.05, 3.63) is 0 Å². The lowest BCUT2D eigenvalue weighted by atomic mass is 9.74. The first kappa shape index (κ1) is 22.7. The Morgan fingerprint density at radius 3 is 2.04 bits per heavy atom. The minimum atomic E-state index is -4.51. The van der Waals surface area contributed by atoms with Gasteiger partial charge >= 0.3 is 5.92 Å². The van der Waals surface area contributed by atoms with Gasteiger partial charge in [-0.3, -0.25) is 0 Å². The molecule has 0 bridgehead atoms. The first-order valence-electron chi connectivity index (χ1n) is 8.03. The summed E-state index contributed by atoms with van der Waals surface area (Å²) < 4.78 is 44.2. The van der Waals surface area contributed by atoms with Crippen molar-refractivity contribution in [3.8, 4) is 0 Å². The number of hydrogen-bond acceptors (Lipinski definition) is 11. The third-order valence-corrected chi connectivity index (χ3v) is 5.01. The third-order valence-electron chi connectivity index (χ3n) is 5.01. The molecule has 10 atom stereocenters. The lowest BCUT2D eigenvalue weighted by Crippen LogP contribution is -2.77. The van der Waals surface area contributed by atoms with Crippen LogP contribution in [-0.4, -0.2) is 128 Å². The fraction of sp³-hybridized carbons (Fsp3) is 1.00. The van der Waals surface area contributed by atoms with E-state index in [1.54, 1.807) is 0 Å². The lowest BCUT2D eigenvalue weighted by molar-refractivity contribution is -0.371. The highest BCUT2D eigenvalue weighted by molar-refractivity contribution is 5.14. The molecule has 0 unspecified atom stereocenters. The Morgan fingerprint density at radius 2 is 1.56 bits per heavy atom. The first-order chi connectivity index (χ1) is 12.5. The van der Waals surface area contributed by atoms with E-state index in [0.29, 0.717) is 0 Å². The van der Waals surface area contributed by atoms with Crippen LogP contribution in [0.2, 0.25) is 0 Å². The Labute approximate surface area is 151 Å². The predicted octanol–water partition coefficient (Wildman–Crippen LogP) is -4.72. The van der Waals surface area contributed by atoms with Crippen LogP contribution in [0.1, 0.15) is 0 Å². The zero-order valence-electron chi connectivity index (χ0n) is 14.2. The van der Waals surface area contributed by atoms with Crippen molar-refractivity contribution in [3.63, 3.8) is 0 Å². The molecule has 13 heteroatoms. The maximum absolute atomic E-state index is 14.7. The second-order valence-corrected chi connectivity index (χ2v) is 6.60. The van der Waals surface area contributed by atoms with Gasteiger partial charge < -0.3 is 55.1 Å². The number of alkyl halides is 2. The van der Waals surface area contributed by atoms with Crippen LogP contribution in [0.25, 0.3) is 0 Å². The van der Waals surface area contributed by atoms with Gasteiger partial charge in [-0.05, 0) is 0 Å². The van der Waals surface area contributed by atoms with Gasteiger partial charge in [-0.15, -0.1) is 0 Å². The van der Waals surface area contributed by atoms with E-state index in [4.69, 9.17) is 19.3 Å². The van der Waals surface area contributed by atoms with E-state index in [2.05, 4.69) is 0 Å². The molecule has 1 saturated heterocycles. The molecule has 2 aliphatic rings. The van der Waals surface area contributed by atoms with Crippen LogP contribution in [0.15, 0.2) is 0 Å². The van der Waals surface area contributed by atoms with Gasteiger partial charge in [0, 0.05) is 7.11 Å². The van der Waals surface area contributed by atoms with Gasteiger partial charge in [-0.25, -0.2) is 8.78 Å². The second kappa shape index (κ2) is 8.04. The van der Waals surface area contributed by atoms with Crippen molar-refractivity contribution >= 4 is 0 Å². The molecule has 0 aromatic heterocycles. The van der Waals surface area contributed by atoms with E-state index in [9.17, 15) is 44.5 Å². The maximum atomic E-state index is 14.7. The molecule has 1 heterocycles. The SMILES string of the molecule is CO[C@H]1O[C@H](CO)[C@@H](O[C@@H]2[C@H](O)[C@@H](O)[C@H](O)[C@@](O)(CO)C2(F)F)[C@H](O)[C@H]1O. The quantitative estimate of drug-likeness (QED) is 0.219. The van der Waals surface area contributed by atoms with Crippen LogP contribution in [0.5, 0.6) is 0 Å². The average Bonchev–Trinajstić information content (AvgIpc) is 2.65. The smallest absolute Gasteiger partial charge is 0.309 e. The van der Waals surface area contributed by atoms with E-state index >= 15 is 0 Å². The molecule has 0 aromatic rings. The Kier molecular flexibility index (Phi) is 6.76. The van der Waals surface area contributed by atoms with Gasteiger partial charge in [0.15, 0.2) is 18.0 Å². The van der Waals surface area contributed by atoms with E-state index in [1.807, 2.05) is 0 Å². The molecule has 27 heavy (non-hydrogen) atoms. The fourth-order valence-electron chi connectivity index (χ4n) is 3.26. The highest BCUT2D eigenvalue weighted by atomic mass is 19.3. The maximum Gasteiger partial charge on any atom is 0.309 e. The summed E-state index contributed by atoms with van der Waals surface area (Å²) in [4.78, 5) is 0. The van der Waals surface area contributed by atoms with Crippen LogP contribution < -0.4 is 0 Å². The van der Waals surface area contributed by atoms with Crippen LogP contribution in [0, 0.1) is 0 Å². The summed E-state index contributed by atoms with van der Waals surface area (Å²) in [5.74, 6) is -4.51. The standard InChI is InChI=1S/C14H24F2O11/c1-25-12-8(22)5(19)9(4(2-17)26-12)27-11-7(21)6(20)10(23)13(24,3-18)14(11,15)16/h4-12,17-24H,2-3H2,1H3/t4-,5-,6-,7-,8-,9-,10+,11-,12+,13+/m1/s1. The number of rotatable bonds is 5. The van der Waals surface area contributed by atoms with Crippen molar-refractivity contribution in [2.45, 2.75) is 66.6 Å². The summed E-state index contributed by atoms with van der Waals surface area (Å²) in [6.45, 7) is -2.55. The molecule has 2 rings (SSSR count). The minimum Gasteiger partial charge on any atom is -0.394 e. The summed E-state index contributed by atoms with van der Waals surface area (Å²) in [6, 6.07) is 0. The van der Waals surface area contributed by atoms with Crippen LogP contribution in [0.4, 0.5) is 8.78 Å². The van der Waals surface area contributed by atoms with Crippen LogP contribution in [0.3, 0.4) is 0 Å². The molecule has 160 valence electrons. The summed E-state index contributed by atoms with van der Waals surface area (Å²) >= 11 is 0. The number of halogens is 2. The van der Waals surface area contributed by atoms with Gasteiger partial charge in [0.05, 0.1) is 13.2 Å². The number of hydrogen-bond donors (Lipinski definition) is 8. The van der Waals surface area contributed by atoms with E-state index in [1.165, 1.54) is 0 Å². The minimum absolute atomic E-state index is 0.863. The Bertz CT molecular complexity index is 509. The topological polar surface area (TPSA) is 190 Å². The van der Waals surface area contributed by atoms with Gasteiger partial charge in [0.1, 0.15) is 42.7 Å². The number of ether oxygens (including phenoxy) is 3. The monoisotopic (exact) mass is 406 g/mol. The summed E-state index contributed by atoms with van der Waals surface area (Å²) in [5.41, 5.74) is -3.57. The molecule has 0 amide bonds. The molecule has 8 N–H and O–H groups in total. The molecule has 1 aliphatic carbocycles. The lowest BCUT2D eigenvalue weighted by Gasteiger charge is -2.52. The van der Waals surface area contributed by atoms with Crippen LogP contribution >= 0.6 is 0 Å². The van der Waals surface area contributed by atoms with Gasteiger partial charge in [-0.1, -0.05) is 0 Å². The summed E-state index contributed by atoms with van der Waals surface area (Å²) in [7, 11) is 1.12. The molecular weight excluding hydrogens is 382 g/mol. The molecule has 0 radical (unpaired) electrons. The van der Waals surface area contributed by atoms with E-state index in [-0.39, 0.29) is 0 Å². The number of methoxy groups -OCH3 is 1. The van der Waals surface area contributed by atoms with Crippen molar-refractivity contribution in [1.82, 2.24) is 0 Å². The first-order valence-corrected chi connectivity index (χ1v) is 8.03. The van der Waals surface area contributed by atoms with Gasteiger partial charge in [0.2, 0.25) is 0 Å². The van der Waals surface area contributed by atoms with E-state index < -0.39 is 79.9 Å². The number of aliphatic hydroxyl groups excluding tert-OH is 7. The normalized spacial score (nSPS) is 50.6. The van der Waals surface area contributed by atoms with Crippen molar-refractivity contribution in [1.29, 1.82) is 0 Å². The van der Waals surface area contributed by atoms with Crippen molar-refractivity contribution in [2.24, 2.45) is 0 Å². The highest BCUT2D eigenvalue weighted by Crippen LogP contribution is 2.44. The van der Waals surface area contributed by atoms with Gasteiger partial charge in [-0.2, -0.15) is 0 Å². The summed E-state index contributed by atoms with van der Waals surface area (Å²) in [5, 5.41) is 77.9. The third kappa shape index (κ3) is 3.47.